The number of hydrogen-bond acceptors (Lipinski definition) is 3. The molecule has 2 aromatic rings. The minimum atomic E-state index is -0.156. The van der Waals surface area contributed by atoms with E-state index >= 15 is 0 Å². The standard InChI is InChI=1S/C28H30N2O/c1-26-10-8-22-15-21-4-5-23(29)16-27(21)11-12-28(22,31-27)25(26)7-6-24(26)19-3-2-18-9-13-30-17-20(18)14-19/h2-5,8-9,13-15,17,23-25H,6-7,10-12,16,29H2,1H3/t23-,24-,25-,26-,27-,28-/m1/s1. The first-order valence-electron chi connectivity index (χ1n) is 11.9. The van der Waals surface area contributed by atoms with Gasteiger partial charge in [0, 0.05) is 23.8 Å². The lowest BCUT2D eigenvalue weighted by Crippen LogP contribution is -2.54. The first kappa shape index (κ1) is 18.4. The molecule has 2 aliphatic heterocycles. The van der Waals surface area contributed by atoms with E-state index in [1.807, 2.05) is 12.4 Å². The Labute approximate surface area is 184 Å². The number of allylic oxidation sites excluding steroid dienone is 1. The van der Waals surface area contributed by atoms with Crippen molar-refractivity contribution < 1.29 is 4.74 Å². The molecule has 2 spiro atoms. The number of nitrogens with two attached hydrogens (primary N) is 1. The summed E-state index contributed by atoms with van der Waals surface area (Å²) >= 11 is 0. The zero-order valence-electron chi connectivity index (χ0n) is 18.2. The maximum Gasteiger partial charge on any atom is 0.0975 e. The van der Waals surface area contributed by atoms with Gasteiger partial charge >= 0.3 is 0 Å². The van der Waals surface area contributed by atoms with Crippen LogP contribution < -0.4 is 5.73 Å². The highest BCUT2D eigenvalue weighted by Gasteiger charge is 2.66. The van der Waals surface area contributed by atoms with Crippen molar-refractivity contribution in [3.05, 3.63) is 77.7 Å². The van der Waals surface area contributed by atoms with E-state index in [0.29, 0.717) is 11.8 Å². The molecule has 3 nitrogen and oxygen atoms in total. The molecule has 2 fully saturated rings. The van der Waals surface area contributed by atoms with Gasteiger partial charge in [-0.05, 0) is 90.0 Å². The molecule has 1 saturated carbocycles. The van der Waals surface area contributed by atoms with Crippen LogP contribution in [0.3, 0.4) is 0 Å². The Morgan fingerprint density at radius 3 is 2.97 bits per heavy atom. The molecule has 0 unspecified atom stereocenters. The van der Waals surface area contributed by atoms with Crippen LogP contribution in [0.1, 0.15) is 56.9 Å². The fraction of sp³-hybridized carbons (Fsp3) is 0.464. The third-order valence-corrected chi connectivity index (χ3v) is 9.42. The molecule has 3 heterocycles. The molecule has 0 radical (unpaired) electrons. The highest BCUT2D eigenvalue weighted by molar-refractivity contribution is 5.82. The van der Waals surface area contributed by atoms with Gasteiger partial charge in [0.05, 0.1) is 11.2 Å². The Hall–Kier alpha value is -2.23. The highest BCUT2D eigenvalue weighted by atomic mass is 16.5. The number of hydrogen-bond donors (Lipinski definition) is 1. The van der Waals surface area contributed by atoms with Crippen molar-refractivity contribution in [1.82, 2.24) is 4.98 Å². The molecular formula is C28H30N2O. The second kappa shape index (κ2) is 5.96. The molecular weight excluding hydrogens is 380 g/mol. The van der Waals surface area contributed by atoms with Gasteiger partial charge < -0.3 is 10.5 Å². The van der Waals surface area contributed by atoms with Crippen molar-refractivity contribution in [2.75, 3.05) is 0 Å². The summed E-state index contributed by atoms with van der Waals surface area (Å²) in [5.41, 5.74) is 10.6. The van der Waals surface area contributed by atoms with Crippen LogP contribution in [0.2, 0.25) is 0 Å². The Morgan fingerprint density at radius 2 is 2.03 bits per heavy atom. The van der Waals surface area contributed by atoms with Gasteiger partial charge in [-0.3, -0.25) is 4.98 Å². The van der Waals surface area contributed by atoms with Gasteiger partial charge in [0.15, 0.2) is 0 Å². The number of benzene rings is 1. The van der Waals surface area contributed by atoms with E-state index < -0.39 is 0 Å². The van der Waals surface area contributed by atoms with E-state index in [1.54, 1.807) is 0 Å². The minimum Gasteiger partial charge on any atom is -0.359 e. The first-order valence-corrected chi connectivity index (χ1v) is 11.9. The lowest BCUT2D eigenvalue weighted by atomic mass is 9.58. The summed E-state index contributed by atoms with van der Waals surface area (Å²) in [4.78, 5) is 4.36. The first-order chi connectivity index (χ1) is 15.0. The Balaban J connectivity index is 1.32. The second-order valence-electron chi connectivity index (χ2n) is 10.8. The summed E-state index contributed by atoms with van der Waals surface area (Å²) in [7, 11) is 0. The van der Waals surface area contributed by atoms with Crippen LogP contribution in [0, 0.1) is 11.3 Å². The average Bonchev–Trinajstić information content (AvgIpc) is 3.28. The van der Waals surface area contributed by atoms with Crippen LogP contribution in [0.25, 0.3) is 10.8 Å². The summed E-state index contributed by atoms with van der Waals surface area (Å²) in [6, 6.07) is 9.23. The summed E-state index contributed by atoms with van der Waals surface area (Å²) < 4.78 is 7.21. The summed E-state index contributed by atoms with van der Waals surface area (Å²) in [6.45, 7) is 2.53. The third kappa shape index (κ3) is 2.29. The van der Waals surface area contributed by atoms with Gasteiger partial charge in [0.2, 0.25) is 0 Å². The fourth-order valence-electron chi connectivity index (χ4n) is 7.97. The molecule has 1 saturated heterocycles. The maximum atomic E-state index is 7.21. The highest BCUT2D eigenvalue weighted by Crippen LogP contribution is 2.68. The Bertz CT molecular complexity index is 1190. The lowest BCUT2D eigenvalue weighted by Gasteiger charge is -2.53. The molecule has 1 aromatic heterocycles. The largest absolute Gasteiger partial charge is 0.359 e. The van der Waals surface area contributed by atoms with E-state index in [0.717, 1.165) is 25.7 Å². The van der Waals surface area contributed by atoms with Gasteiger partial charge in [-0.2, -0.15) is 0 Å². The molecule has 5 aliphatic rings. The monoisotopic (exact) mass is 410 g/mol. The van der Waals surface area contributed by atoms with E-state index in [2.05, 4.69) is 60.5 Å². The zero-order valence-corrected chi connectivity index (χ0v) is 18.2. The van der Waals surface area contributed by atoms with Crippen molar-refractivity contribution >= 4 is 10.8 Å². The van der Waals surface area contributed by atoms with Gasteiger partial charge in [-0.15, -0.1) is 0 Å². The van der Waals surface area contributed by atoms with E-state index in [1.165, 1.54) is 40.3 Å². The van der Waals surface area contributed by atoms with Gasteiger partial charge in [-0.1, -0.05) is 43.4 Å². The number of rotatable bonds is 1. The topological polar surface area (TPSA) is 48.1 Å². The average molecular weight is 411 g/mol. The summed E-state index contributed by atoms with van der Waals surface area (Å²) in [5.74, 6) is 1.13. The van der Waals surface area contributed by atoms with E-state index in [9.17, 15) is 0 Å². The molecule has 2 bridgehead atoms. The van der Waals surface area contributed by atoms with Crippen LogP contribution >= 0.6 is 0 Å². The van der Waals surface area contributed by atoms with Crippen molar-refractivity contribution in [3.8, 4) is 0 Å². The fourth-order valence-corrected chi connectivity index (χ4v) is 7.97. The molecule has 3 aliphatic carbocycles. The smallest absolute Gasteiger partial charge is 0.0975 e. The van der Waals surface area contributed by atoms with Crippen LogP contribution in [0.4, 0.5) is 0 Å². The van der Waals surface area contributed by atoms with Crippen LogP contribution in [0.5, 0.6) is 0 Å². The lowest BCUT2D eigenvalue weighted by molar-refractivity contribution is -0.129. The normalized spacial score (nSPS) is 42.6. The Kier molecular flexibility index (Phi) is 3.53. The molecule has 158 valence electrons. The van der Waals surface area contributed by atoms with Gasteiger partial charge in [0.1, 0.15) is 0 Å². The van der Waals surface area contributed by atoms with E-state index in [-0.39, 0.29) is 22.7 Å². The number of nitrogens with zero attached hydrogens (tertiary/aromatic N) is 1. The minimum absolute atomic E-state index is 0.107. The molecule has 6 atom stereocenters. The van der Waals surface area contributed by atoms with Crippen LogP contribution in [-0.2, 0) is 4.74 Å². The van der Waals surface area contributed by atoms with E-state index in [4.69, 9.17) is 10.5 Å². The van der Waals surface area contributed by atoms with Crippen molar-refractivity contribution in [2.24, 2.45) is 17.1 Å². The SMILES string of the molecule is C[C@]12CC=C3C=C4C=C[C@@H](N)C[C@]45CC[C@]3(O5)[C@@H]1CC[C@@H]2c1ccc2ccncc2c1. The molecule has 2 N–H and O–H groups in total. The summed E-state index contributed by atoms with van der Waals surface area (Å²) in [6.07, 6.45) is 20.0. The van der Waals surface area contributed by atoms with Crippen molar-refractivity contribution in [2.45, 2.75) is 68.6 Å². The predicted molar refractivity (Wildman–Crippen MR) is 124 cm³/mol. The number of fused-ring (bicyclic) bond motifs is 2. The van der Waals surface area contributed by atoms with Crippen molar-refractivity contribution in [1.29, 1.82) is 0 Å². The van der Waals surface area contributed by atoms with Gasteiger partial charge in [-0.25, -0.2) is 0 Å². The number of aromatic nitrogens is 1. The molecule has 0 amide bonds. The molecule has 3 heteroatoms. The van der Waals surface area contributed by atoms with Gasteiger partial charge in [0.25, 0.3) is 0 Å². The molecule has 31 heavy (non-hydrogen) atoms. The Morgan fingerprint density at radius 1 is 1.10 bits per heavy atom. The number of ether oxygens (including phenoxy) is 1. The second-order valence-corrected chi connectivity index (χ2v) is 10.8. The summed E-state index contributed by atoms with van der Waals surface area (Å²) in [5, 5.41) is 2.53. The van der Waals surface area contributed by atoms with Crippen LogP contribution in [-0.4, -0.2) is 22.2 Å². The van der Waals surface area contributed by atoms with Crippen molar-refractivity contribution in [3.63, 3.8) is 0 Å². The molecule has 7 rings (SSSR count). The zero-order chi connectivity index (χ0) is 20.8. The quantitative estimate of drug-likeness (QED) is 0.668. The molecule has 1 aromatic carbocycles. The maximum absolute atomic E-state index is 7.21. The third-order valence-electron chi connectivity index (χ3n) is 9.42. The van der Waals surface area contributed by atoms with Crippen LogP contribution in [0.15, 0.2) is 72.1 Å². The number of pyridine rings is 1. The predicted octanol–water partition coefficient (Wildman–Crippen LogP) is 5.58.